The molecule has 0 aliphatic carbocycles. The highest BCUT2D eigenvalue weighted by Gasteiger charge is 2.07. The quantitative estimate of drug-likeness (QED) is 0.762. The summed E-state index contributed by atoms with van der Waals surface area (Å²) >= 11 is 5.84. The summed E-state index contributed by atoms with van der Waals surface area (Å²) in [5, 5.41) is 0. The predicted octanol–water partition coefficient (Wildman–Crippen LogP) is 4.62. The highest BCUT2D eigenvalue weighted by Crippen LogP contribution is 2.26. The summed E-state index contributed by atoms with van der Waals surface area (Å²) in [7, 11) is 0. The Labute approximate surface area is 117 Å². The van der Waals surface area contributed by atoms with Gasteiger partial charge in [-0.15, -0.1) is 11.6 Å². The minimum Gasteiger partial charge on any atom is -0.439 e. The average Bonchev–Trinajstić information content (AvgIpc) is 2.42. The summed E-state index contributed by atoms with van der Waals surface area (Å²) in [6.45, 7) is 3.87. The topological polar surface area (TPSA) is 22.1 Å². The number of ether oxygens (including phenoxy) is 1. The minimum absolute atomic E-state index is 0.329. The van der Waals surface area contributed by atoms with Crippen molar-refractivity contribution in [2.45, 2.75) is 26.1 Å². The molecule has 4 heteroatoms. The van der Waals surface area contributed by atoms with Gasteiger partial charge in [0.15, 0.2) is 0 Å². The summed E-state index contributed by atoms with van der Waals surface area (Å²) in [5.74, 6) is 0.989. The standard InChI is InChI=1S/C15H15ClFNO/c1-3-13-6-11(9-16)7-15(18-13)19-14-8-12(17)5-4-10(14)2/h4-8H,3,9H2,1-2H3. The Balaban J connectivity index is 2.34. The molecule has 0 aliphatic rings. The molecule has 100 valence electrons. The molecule has 0 bridgehead atoms. The Kier molecular flexibility index (Phi) is 4.38. The van der Waals surface area contributed by atoms with E-state index in [1.165, 1.54) is 12.1 Å². The van der Waals surface area contributed by atoms with Gasteiger partial charge < -0.3 is 4.74 Å². The third kappa shape index (κ3) is 3.44. The van der Waals surface area contributed by atoms with Gasteiger partial charge in [0.05, 0.1) is 0 Å². The lowest BCUT2D eigenvalue weighted by Crippen LogP contribution is -1.96. The number of hydrogen-bond donors (Lipinski definition) is 0. The van der Waals surface area contributed by atoms with E-state index < -0.39 is 0 Å². The fourth-order valence-corrected chi connectivity index (χ4v) is 1.88. The van der Waals surface area contributed by atoms with Crippen LogP contribution in [0.5, 0.6) is 11.6 Å². The zero-order valence-corrected chi connectivity index (χ0v) is 11.7. The monoisotopic (exact) mass is 279 g/mol. The molecule has 1 heterocycles. The van der Waals surface area contributed by atoms with Gasteiger partial charge in [0.25, 0.3) is 0 Å². The molecule has 0 radical (unpaired) electrons. The van der Waals surface area contributed by atoms with Gasteiger partial charge in [-0.25, -0.2) is 9.37 Å². The molecule has 0 fully saturated rings. The molecule has 1 aromatic heterocycles. The predicted molar refractivity (Wildman–Crippen MR) is 74.4 cm³/mol. The van der Waals surface area contributed by atoms with Crippen LogP contribution in [-0.4, -0.2) is 4.98 Å². The van der Waals surface area contributed by atoms with Crippen molar-refractivity contribution in [3.05, 3.63) is 53.0 Å². The number of aryl methyl sites for hydroxylation is 2. The van der Waals surface area contributed by atoms with Crippen molar-refractivity contribution >= 4 is 11.6 Å². The van der Waals surface area contributed by atoms with Crippen molar-refractivity contribution in [2.24, 2.45) is 0 Å². The summed E-state index contributed by atoms with van der Waals surface area (Å²) in [6.07, 6.45) is 0.795. The molecule has 0 aliphatic heterocycles. The van der Waals surface area contributed by atoms with Gasteiger partial charge in [0.2, 0.25) is 5.88 Å². The minimum atomic E-state index is -0.329. The molecule has 0 saturated heterocycles. The van der Waals surface area contributed by atoms with E-state index in [9.17, 15) is 4.39 Å². The zero-order chi connectivity index (χ0) is 13.8. The Morgan fingerprint density at radius 1 is 1.26 bits per heavy atom. The largest absolute Gasteiger partial charge is 0.439 e. The average molecular weight is 280 g/mol. The van der Waals surface area contributed by atoms with Crippen LogP contribution in [0.2, 0.25) is 0 Å². The van der Waals surface area contributed by atoms with Crippen molar-refractivity contribution < 1.29 is 9.13 Å². The lowest BCUT2D eigenvalue weighted by Gasteiger charge is -2.10. The summed E-state index contributed by atoms with van der Waals surface area (Å²) in [4.78, 5) is 4.36. The zero-order valence-electron chi connectivity index (χ0n) is 10.9. The van der Waals surface area contributed by atoms with Gasteiger partial charge in [0, 0.05) is 23.7 Å². The highest BCUT2D eigenvalue weighted by atomic mass is 35.5. The lowest BCUT2D eigenvalue weighted by atomic mass is 10.2. The van der Waals surface area contributed by atoms with Crippen LogP contribution in [0, 0.1) is 12.7 Å². The number of benzene rings is 1. The van der Waals surface area contributed by atoms with Gasteiger partial charge in [0.1, 0.15) is 11.6 Å². The third-order valence-electron chi connectivity index (χ3n) is 2.80. The molecule has 0 amide bonds. The first-order valence-corrected chi connectivity index (χ1v) is 6.65. The second-order valence-electron chi connectivity index (χ2n) is 4.30. The number of halogens is 2. The smallest absolute Gasteiger partial charge is 0.219 e. The molecule has 1 aromatic carbocycles. The Bertz CT molecular complexity index is 564. The molecule has 19 heavy (non-hydrogen) atoms. The Hall–Kier alpha value is -1.61. The second-order valence-corrected chi connectivity index (χ2v) is 4.57. The molecule has 2 aromatic rings. The number of aromatic nitrogens is 1. The van der Waals surface area contributed by atoms with Gasteiger partial charge in [-0.3, -0.25) is 0 Å². The summed E-state index contributed by atoms with van der Waals surface area (Å²) < 4.78 is 18.9. The van der Waals surface area contributed by atoms with E-state index in [-0.39, 0.29) is 5.82 Å². The van der Waals surface area contributed by atoms with Crippen LogP contribution < -0.4 is 4.74 Å². The van der Waals surface area contributed by atoms with E-state index in [1.54, 1.807) is 12.1 Å². The van der Waals surface area contributed by atoms with Crippen LogP contribution in [-0.2, 0) is 12.3 Å². The molecule has 0 spiro atoms. The molecular weight excluding hydrogens is 265 g/mol. The molecular formula is C15H15ClFNO. The van der Waals surface area contributed by atoms with E-state index in [1.807, 2.05) is 19.9 Å². The van der Waals surface area contributed by atoms with Crippen molar-refractivity contribution in [1.82, 2.24) is 4.98 Å². The summed E-state index contributed by atoms with van der Waals surface area (Å²) in [5.41, 5.74) is 2.71. The third-order valence-corrected chi connectivity index (χ3v) is 3.10. The summed E-state index contributed by atoms with van der Waals surface area (Å²) in [6, 6.07) is 8.16. The molecule has 2 nitrogen and oxygen atoms in total. The number of rotatable bonds is 4. The normalized spacial score (nSPS) is 10.5. The van der Waals surface area contributed by atoms with Crippen LogP contribution in [0.15, 0.2) is 30.3 Å². The van der Waals surface area contributed by atoms with E-state index in [4.69, 9.17) is 16.3 Å². The van der Waals surface area contributed by atoms with Crippen molar-refractivity contribution in [3.63, 3.8) is 0 Å². The van der Waals surface area contributed by atoms with Crippen LogP contribution >= 0.6 is 11.6 Å². The molecule has 0 saturated carbocycles. The first-order valence-electron chi connectivity index (χ1n) is 6.12. The fourth-order valence-electron chi connectivity index (χ4n) is 1.73. The molecule has 0 atom stereocenters. The molecule has 0 unspecified atom stereocenters. The highest BCUT2D eigenvalue weighted by molar-refractivity contribution is 6.17. The molecule has 2 rings (SSSR count). The fraction of sp³-hybridized carbons (Fsp3) is 0.267. The van der Waals surface area contributed by atoms with Gasteiger partial charge in [-0.05, 0) is 36.6 Å². The maximum Gasteiger partial charge on any atom is 0.219 e. The van der Waals surface area contributed by atoms with Crippen LogP contribution in [0.4, 0.5) is 4.39 Å². The van der Waals surface area contributed by atoms with Crippen molar-refractivity contribution in [2.75, 3.05) is 0 Å². The van der Waals surface area contributed by atoms with E-state index in [0.29, 0.717) is 17.5 Å². The van der Waals surface area contributed by atoms with Gasteiger partial charge >= 0.3 is 0 Å². The SMILES string of the molecule is CCc1cc(CCl)cc(Oc2cc(F)ccc2C)n1. The van der Waals surface area contributed by atoms with Crippen LogP contribution in [0.25, 0.3) is 0 Å². The van der Waals surface area contributed by atoms with E-state index in [2.05, 4.69) is 4.98 Å². The van der Waals surface area contributed by atoms with Crippen molar-refractivity contribution in [3.8, 4) is 11.6 Å². The maximum atomic E-state index is 13.2. The number of alkyl halides is 1. The van der Waals surface area contributed by atoms with Crippen LogP contribution in [0.3, 0.4) is 0 Å². The first-order chi connectivity index (χ1) is 9.12. The number of nitrogens with zero attached hydrogens (tertiary/aromatic N) is 1. The van der Waals surface area contributed by atoms with E-state index >= 15 is 0 Å². The number of hydrogen-bond acceptors (Lipinski definition) is 2. The Morgan fingerprint density at radius 3 is 2.74 bits per heavy atom. The van der Waals surface area contributed by atoms with Gasteiger partial charge in [-0.2, -0.15) is 0 Å². The van der Waals surface area contributed by atoms with Crippen molar-refractivity contribution in [1.29, 1.82) is 0 Å². The maximum absolute atomic E-state index is 13.2. The van der Waals surface area contributed by atoms with Gasteiger partial charge in [-0.1, -0.05) is 13.0 Å². The molecule has 0 N–H and O–H groups in total. The second kappa shape index (κ2) is 6.02. The Morgan fingerprint density at radius 2 is 2.05 bits per heavy atom. The first kappa shape index (κ1) is 13.8. The van der Waals surface area contributed by atoms with E-state index in [0.717, 1.165) is 23.2 Å². The van der Waals surface area contributed by atoms with Crippen LogP contribution in [0.1, 0.15) is 23.7 Å². The lowest BCUT2D eigenvalue weighted by molar-refractivity contribution is 0.452. The number of pyridine rings is 1.